The summed E-state index contributed by atoms with van der Waals surface area (Å²) in [6.07, 6.45) is 3.56. The van der Waals surface area contributed by atoms with E-state index in [9.17, 15) is 13.2 Å². The fraction of sp³-hybridized carbons (Fsp3) is 0.259. The number of amides is 1. The van der Waals surface area contributed by atoms with Crippen LogP contribution in [0.25, 0.3) is 10.9 Å². The average Bonchev–Trinajstić information content (AvgIpc) is 3.32. The van der Waals surface area contributed by atoms with Crippen LogP contribution in [0.4, 0.5) is 11.5 Å². The number of carbonyl (C=O) groups is 1. The number of aromatic amines is 1. The van der Waals surface area contributed by atoms with Crippen LogP contribution in [0.2, 0.25) is 0 Å². The third-order valence-corrected chi connectivity index (χ3v) is 7.88. The van der Waals surface area contributed by atoms with E-state index < -0.39 is 22.0 Å². The second kappa shape index (κ2) is 10.7. The van der Waals surface area contributed by atoms with Crippen LogP contribution < -0.4 is 14.9 Å². The monoisotopic (exact) mass is 519 g/mol. The largest absolute Gasteiger partial charge is 0.378 e. The molecule has 0 spiro atoms. The van der Waals surface area contributed by atoms with Crippen molar-refractivity contribution in [1.29, 1.82) is 0 Å². The Kier molecular flexibility index (Phi) is 7.22. The first-order valence-electron chi connectivity index (χ1n) is 12.1. The molecule has 9 nitrogen and oxygen atoms in total. The molecule has 0 saturated carbocycles. The summed E-state index contributed by atoms with van der Waals surface area (Å²) in [7, 11) is -3.95. The highest BCUT2D eigenvalue weighted by atomic mass is 32.2. The number of nitrogens with one attached hydrogen (secondary N) is 3. The van der Waals surface area contributed by atoms with Crippen LogP contribution >= 0.6 is 0 Å². The lowest BCUT2D eigenvalue weighted by atomic mass is 10.1. The Morgan fingerprint density at radius 2 is 1.84 bits per heavy atom. The number of pyridine rings is 1. The molecule has 3 heterocycles. The number of H-pyrrole nitrogens is 1. The van der Waals surface area contributed by atoms with Crippen LogP contribution in [0.5, 0.6) is 0 Å². The van der Waals surface area contributed by atoms with E-state index in [-0.39, 0.29) is 11.3 Å². The second-order valence-electron chi connectivity index (χ2n) is 9.04. The van der Waals surface area contributed by atoms with Gasteiger partial charge in [0.25, 0.3) is 0 Å². The molecule has 1 unspecified atom stereocenters. The summed E-state index contributed by atoms with van der Waals surface area (Å²) in [6, 6.07) is 16.8. The molecular weight excluding hydrogens is 490 g/mol. The zero-order chi connectivity index (χ0) is 25.8. The molecule has 0 bridgehead atoms. The molecule has 0 radical (unpaired) electrons. The normalized spacial score (nSPS) is 15.0. The van der Waals surface area contributed by atoms with Gasteiger partial charge in [-0.3, -0.25) is 4.79 Å². The number of hydrogen-bond acceptors (Lipinski definition) is 6. The van der Waals surface area contributed by atoms with Gasteiger partial charge in [-0.25, -0.2) is 13.4 Å². The molecule has 1 saturated heterocycles. The van der Waals surface area contributed by atoms with Crippen molar-refractivity contribution >= 4 is 38.3 Å². The van der Waals surface area contributed by atoms with Gasteiger partial charge < -0.3 is 19.9 Å². The molecular formula is C27H29N5O4S. The highest BCUT2D eigenvalue weighted by Crippen LogP contribution is 2.21. The lowest BCUT2D eigenvalue weighted by Crippen LogP contribution is -2.45. The maximum Gasteiger partial charge on any atom is 0.242 e. The number of ether oxygens (including phenoxy) is 1. The lowest BCUT2D eigenvalue weighted by molar-refractivity contribution is -0.117. The Balaban J connectivity index is 1.38. The van der Waals surface area contributed by atoms with Gasteiger partial charge in [0.2, 0.25) is 15.9 Å². The molecule has 5 rings (SSSR count). The van der Waals surface area contributed by atoms with Gasteiger partial charge in [0.15, 0.2) is 0 Å². The Morgan fingerprint density at radius 1 is 1.08 bits per heavy atom. The van der Waals surface area contributed by atoms with Crippen molar-refractivity contribution in [2.24, 2.45) is 0 Å². The number of carbonyl (C=O) groups excluding carboxylic acids is 1. The van der Waals surface area contributed by atoms with Gasteiger partial charge in [-0.2, -0.15) is 4.72 Å². The van der Waals surface area contributed by atoms with E-state index in [2.05, 4.69) is 24.9 Å². The number of hydrogen-bond donors (Lipinski definition) is 3. The summed E-state index contributed by atoms with van der Waals surface area (Å²) in [6.45, 7) is 4.70. The summed E-state index contributed by atoms with van der Waals surface area (Å²) >= 11 is 0. The molecule has 37 heavy (non-hydrogen) atoms. The molecule has 0 aliphatic carbocycles. The summed E-state index contributed by atoms with van der Waals surface area (Å²) in [5.74, 6) is 0.332. The molecule has 2 aromatic carbocycles. The number of morpholine rings is 1. The van der Waals surface area contributed by atoms with E-state index in [1.807, 2.05) is 43.5 Å². The highest BCUT2D eigenvalue weighted by molar-refractivity contribution is 7.89. The standard InChI is InChI=1S/C27H29N5O4S/c1-19-6-9-22(10-7-19)37(34,35)31-25(16-20-17-28-24-5-3-2-4-23(20)24)27(33)30-21-8-11-26(29-18-21)32-12-14-36-15-13-32/h2-11,17-18,25,28,31H,12-16H2,1H3,(H,30,33). The Bertz CT molecular complexity index is 1480. The minimum absolute atomic E-state index is 0.103. The van der Waals surface area contributed by atoms with E-state index in [0.717, 1.165) is 40.9 Å². The van der Waals surface area contributed by atoms with Crippen LogP contribution in [0.15, 0.2) is 78.0 Å². The second-order valence-corrected chi connectivity index (χ2v) is 10.8. The molecule has 10 heteroatoms. The predicted molar refractivity (Wildman–Crippen MR) is 143 cm³/mol. The smallest absolute Gasteiger partial charge is 0.242 e. The SMILES string of the molecule is Cc1ccc(S(=O)(=O)NC(Cc2c[nH]c3ccccc23)C(=O)Nc2ccc(N3CCOCC3)nc2)cc1. The van der Waals surface area contributed by atoms with Gasteiger partial charge in [0.1, 0.15) is 11.9 Å². The third-order valence-electron chi connectivity index (χ3n) is 6.39. The third kappa shape index (κ3) is 5.82. The number of aryl methyl sites for hydroxylation is 1. The van der Waals surface area contributed by atoms with E-state index in [4.69, 9.17) is 4.74 Å². The van der Waals surface area contributed by atoms with Crippen molar-refractivity contribution in [3.05, 3.63) is 84.2 Å². The van der Waals surface area contributed by atoms with Crippen molar-refractivity contribution in [3.63, 3.8) is 0 Å². The number of aromatic nitrogens is 2. The number of rotatable bonds is 8. The molecule has 1 aliphatic rings. The molecule has 3 N–H and O–H groups in total. The number of benzene rings is 2. The van der Waals surface area contributed by atoms with E-state index >= 15 is 0 Å². The fourth-order valence-corrected chi connectivity index (χ4v) is 5.55. The molecule has 1 fully saturated rings. The quantitative estimate of drug-likeness (QED) is 0.329. The van der Waals surface area contributed by atoms with Gasteiger partial charge >= 0.3 is 0 Å². The number of nitrogens with zero attached hydrogens (tertiary/aromatic N) is 2. The van der Waals surface area contributed by atoms with Crippen molar-refractivity contribution in [2.45, 2.75) is 24.3 Å². The summed E-state index contributed by atoms with van der Waals surface area (Å²) in [5.41, 5.74) is 3.18. The van der Waals surface area contributed by atoms with E-state index in [1.165, 1.54) is 12.1 Å². The minimum Gasteiger partial charge on any atom is -0.378 e. The van der Waals surface area contributed by atoms with Crippen molar-refractivity contribution in [3.8, 4) is 0 Å². The van der Waals surface area contributed by atoms with Crippen LogP contribution in [-0.4, -0.2) is 56.6 Å². The molecule has 4 aromatic rings. The Hall–Kier alpha value is -3.73. The summed E-state index contributed by atoms with van der Waals surface area (Å²) < 4.78 is 34.4. The number of anilines is 2. The first-order valence-corrected chi connectivity index (χ1v) is 13.6. The lowest BCUT2D eigenvalue weighted by Gasteiger charge is -2.27. The molecule has 192 valence electrons. The van der Waals surface area contributed by atoms with Crippen molar-refractivity contribution in [2.75, 3.05) is 36.5 Å². The number of para-hydroxylation sites is 1. The molecule has 1 amide bonds. The van der Waals surface area contributed by atoms with Crippen LogP contribution in [0.1, 0.15) is 11.1 Å². The summed E-state index contributed by atoms with van der Waals surface area (Å²) in [5, 5.41) is 3.77. The first-order chi connectivity index (χ1) is 17.9. The zero-order valence-corrected chi connectivity index (χ0v) is 21.3. The summed E-state index contributed by atoms with van der Waals surface area (Å²) in [4.78, 5) is 23.3. The van der Waals surface area contributed by atoms with Crippen LogP contribution in [0, 0.1) is 6.92 Å². The minimum atomic E-state index is -3.95. The van der Waals surface area contributed by atoms with Crippen LogP contribution in [0.3, 0.4) is 0 Å². The van der Waals surface area contributed by atoms with Crippen molar-refractivity contribution in [1.82, 2.24) is 14.7 Å². The highest BCUT2D eigenvalue weighted by Gasteiger charge is 2.27. The van der Waals surface area contributed by atoms with E-state index in [0.29, 0.717) is 18.9 Å². The average molecular weight is 520 g/mol. The predicted octanol–water partition coefficient (Wildman–Crippen LogP) is 3.24. The van der Waals surface area contributed by atoms with Gasteiger partial charge in [-0.05, 0) is 49.2 Å². The molecule has 1 atom stereocenters. The van der Waals surface area contributed by atoms with E-state index in [1.54, 1.807) is 24.4 Å². The van der Waals surface area contributed by atoms with Gasteiger partial charge in [0.05, 0.1) is 30.0 Å². The Morgan fingerprint density at radius 3 is 2.57 bits per heavy atom. The van der Waals surface area contributed by atoms with Gasteiger partial charge in [0, 0.05) is 30.2 Å². The maximum atomic E-state index is 13.4. The topological polar surface area (TPSA) is 116 Å². The first kappa shape index (κ1) is 24.9. The van der Waals surface area contributed by atoms with Gasteiger partial charge in [-0.15, -0.1) is 0 Å². The van der Waals surface area contributed by atoms with Crippen molar-refractivity contribution < 1.29 is 17.9 Å². The molecule has 2 aromatic heterocycles. The maximum absolute atomic E-state index is 13.4. The number of sulfonamides is 1. The molecule has 1 aliphatic heterocycles. The van der Waals surface area contributed by atoms with Crippen LogP contribution in [-0.2, 0) is 26.0 Å². The fourth-order valence-electron chi connectivity index (χ4n) is 4.35. The van der Waals surface area contributed by atoms with Gasteiger partial charge in [-0.1, -0.05) is 35.9 Å². The Labute approximate surface area is 215 Å². The zero-order valence-electron chi connectivity index (χ0n) is 20.5. The number of fused-ring (bicyclic) bond motifs is 1.